The number of methoxy groups -OCH3 is 1. The Kier molecular flexibility index (Phi) is 7.50. The molecular formula is C15H24N2O4S. The maximum atomic E-state index is 11.9. The molecule has 0 aromatic heterocycles. The molecule has 0 radical (unpaired) electrons. The van der Waals surface area contributed by atoms with Crippen LogP contribution in [-0.4, -0.2) is 57.7 Å². The highest BCUT2D eigenvalue weighted by atomic mass is 32.2. The van der Waals surface area contributed by atoms with Crippen LogP contribution in [0.15, 0.2) is 30.3 Å². The van der Waals surface area contributed by atoms with Crippen LogP contribution in [0.1, 0.15) is 12.5 Å². The van der Waals surface area contributed by atoms with Crippen LogP contribution in [0, 0.1) is 0 Å². The lowest BCUT2D eigenvalue weighted by Gasteiger charge is -2.21. The normalized spacial score (nSPS) is 13.1. The molecule has 22 heavy (non-hydrogen) atoms. The van der Waals surface area contributed by atoms with Gasteiger partial charge in [0.15, 0.2) is 0 Å². The number of carbonyl (C=O) groups excluding carboxylic acids is 1. The third-order valence-electron chi connectivity index (χ3n) is 3.11. The summed E-state index contributed by atoms with van der Waals surface area (Å²) in [6.45, 7) is 2.28. The van der Waals surface area contributed by atoms with E-state index in [1.165, 1.54) is 4.31 Å². The van der Waals surface area contributed by atoms with Gasteiger partial charge in [-0.3, -0.25) is 4.79 Å². The van der Waals surface area contributed by atoms with Gasteiger partial charge >= 0.3 is 0 Å². The topological polar surface area (TPSA) is 75.7 Å². The Labute approximate surface area is 132 Å². The molecule has 7 heteroatoms. The van der Waals surface area contributed by atoms with Crippen LogP contribution < -0.4 is 5.32 Å². The van der Waals surface area contributed by atoms with E-state index in [0.717, 1.165) is 11.8 Å². The Morgan fingerprint density at radius 3 is 2.50 bits per heavy atom. The zero-order chi connectivity index (χ0) is 16.6. The SMILES string of the molecule is COC[C@@H](C)NC(=O)CN(CCc1ccccc1)S(C)(=O)=O. The molecule has 0 unspecified atom stereocenters. The zero-order valence-electron chi connectivity index (χ0n) is 13.3. The number of ether oxygens (including phenoxy) is 1. The van der Waals surface area contributed by atoms with Gasteiger partial charge in [-0.25, -0.2) is 8.42 Å². The number of benzene rings is 1. The van der Waals surface area contributed by atoms with Crippen molar-refractivity contribution >= 4 is 15.9 Å². The Bertz CT molecular complexity index is 560. The summed E-state index contributed by atoms with van der Waals surface area (Å²) in [6, 6.07) is 9.41. The van der Waals surface area contributed by atoms with E-state index in [4.69, 9.17) is 4.74 Å². The predicted octanol–water partition coefficient (Wildman–Crippen LogP) is 0.642. The standard InChI is InChI=1S/C15H24N2O4S/c1-13(12-21-2)16-15(18)11-17(22(3,19)20)10-9-14-7-5-4-6-8-14/h4-8,13H,9-12H2,1-3H3,(H,16,18)/t13-/m1/s1. The van der Waals surface area contributed by atoms with Crippen LogP contribution in [0.5, 0.6) is 0 Å². The summed E-state index contributed by atoms with van der Waals surface area (Å²) in [4.78, 5) is 11.9. The van der Waals surface area contributed by atoms with Crippen LogP contribution in [0.3, 0.4) is 0 Å². The molecule has 0 bridgehead atoms. The van der Waals surface area contributed by atoms with Crippen molar-refractivity contribution in [1.29, 1.82) is 0 Å². The van der Waals surface area contributed by atoms with Gasteiger partial charge in [0.05, 0.1) is 19.4 Å². The largest absolute Gasteiger partial charge is 0.383 e. The highest BCUT2D eigenvalue weighted by Crippen LogP contribution is 2.04. The molecule has 1 amide bonds. The maximum absolute atomic E-state index is 11.9. The fourth-order valence-corrected chi connectivity index (χ4v) is 2.81. The second kappa shape index (κ2) is 8.87. The molecule has 1 atom stereocenters. The van der Waals surface area contributed by atoms with E-state index in [9.17, 15) is 13.2 Å². The Morgan fingerprint density at radius 2 is 1.95 bits per heavy atom. The molecule has 124 valence electrons. The number of carbonyl (C=O) groups is 1. The van der Waals surface area contributed by atoms with Gasteiger partial charge in [0.2, 0.25) is 15.9 Å². The molecule has 1 aromatic carbocycles. The van der Waals surface area contributed by atoms with Crippen LogP contribution >= 0.6 is 0 Å². The molecule has 0 heterocycles. The summed E-state index contributed by atoms with van der Waals surface area (Å²) in [5.41, 5.74) is 1.03. The predicted molar refractivity (Wildman–Crippen MR) is 86.0 cm³/mol. The smallest absolute Gasteiger partial charge is 0.235 e. The van der Waals surface area contributed by atoms with Crippen LogP contribution in [0.2, 0.25) is 0 Å². The number of amides is 1. The molecular weight excluding hydrogens is 304 g/mol. The Balaban J connectivity index is 2.60. The Hall–Kier alpha value is -1.44. The van der Waals surface area contributed by atoms with E-state index < -0.39 is 10.0 Å². The maximum Gasteiger partial charge on any atom is 0.235 e. The van der Waals surface area contributed by atoms with Gasteiger partial charge in [-0.1, -0.05) is 30.3 Å². The first-order chi connectivity index (χ1) is 10.3. The Morgan fingerprint density at radius 1 is 1.32 bits per heavy atom. The quantitative estimate of drug-likeness (QED) is 0.722. The van der Waals surface area contributed by atoms with Gasteiger partial charge in [0.25, 0.3) is 0 Å². The van der Waals surface area contributed by atoms with Crippen molar-refractivity contribution in [2.24, 2.45) is 0 Å². The number of sulfonamides is 1. The average Bonchev–Trinajstić information content (AvgIpc) is 2.43. The lowest BCUT2D eigenvalue weighted by Crippen LogP contribution is -2.44. The van der Waals surface area contributed by atoms with E-state index in [-0.39, 0.29) is 25.0 Å². The molecule has 0 saturated carbocycles. The van der Waals surface area contributed by atoms with Crippen molar-refractivity contribution in [3.63, 3.8) is 0 Å². The first kappa shape index (κ1) is 18.6. The van der Waals surface area contributed by atoms with Gasteiger partial charge < -0.3 is 10.1 Å². The summed E-state index contributed by atoms with van der Waals surface area (Å²) in [7, 11) is -1.89. The summed E-state index contributed by atoms with van der Waals surface area (Å²) in [6.07, 6.45) is 1.68. The minimum Gasteiger partial charge on any atom is -0.383 e. The zero-order valence-corrected chi connectivity index (χ0v) is 14.1. The van der Waals surface area contributed by atoms with Crippen molar-refractivity contribution in [3.05, 3.63) is 35.9 Å². The molecule has 0 saturated heterocycles. The van der Waals surface area contributed by atoms with Crippen molar-refractivity contribution < 1.29 is 17.9 Å². The number of hydrogen-bond donors (Lipinski definition) is 1. The highest BCUT2D eigenvalue weighted by molar-refractivity contribution is 7.88. The van der Waals surface area contributed by atoms with Crippen molar-refractivity contribution in [2.45, 2.75) is 19.4 Å². The molecule has 0 aliphatic rings. The second-order valence-corrected chi connectivity index (χ2v) is 7.24. The minimum atomic E-state index is -3.44. The van der Waals surface area contributed by atoms with Crippen molar-refractivity contribution in [3.8, 4) is 0 Å². The van der Waals surface area contributed by atoms with Crippen LogP contribution in [-0.2, 0) is 26.0 Å². The monoisotopic (exact) mass is 328 g/mol. The molecule has 1 N–H and O–H groups in total. The number of nitrogens with zero attached hydrogens (tertiary/aromatic N) is 1. The lowest BCUT2D eigenvalue weighted by molar-refractivity contribution is -0.122. The first-order valence-electron chi connectivity index (χ1n) is 7.10. The van der Waals surface area contributed by atoms with Gasteiger partial charge in [-0.15, -0.1) is 0 Å². The number of rotatable bonds is 9. The molecule has 1 rings (SSSR count). The summed E-state index contributed by atoms with van der Waals surface area (Å²) in [5.74, 6) is -0.331. The third kappa shape index (κ3) is 7.02. The molecule has 0 spiro atoms. The molecule has 0 aliphatic heterocycles. The van der Waals surface area contributed by atoms with Crippen molar-refractivity contribution in [2.75, 3.05) is 33.1 Å². The average molecular weight is 328 g/mol. The second-order valence-electron chi connectivity index (χ2n) is 5.26. The van der Waals surface area contributed by atoms with Gasteiger partial charge in [0, 0.05) is 19.7 Å². The van der Waals surface area contributed by atoms with E-state index in [2.05, 4.69) is 5.32 Å². The molecule has 6 nitrogen and oxygen atoms in total. The van der Waals surface area contributed by atoms with E-state index >= 15 is 0 Å². The third-order valence-corrected chi connectivity index (χ3v) is 4.36. The van der Waals surface area contributed by atoms with E-state index in [1.54, 1.807) is 14.0 Å². The van der Waals surface area contributed by atoms with Crippen LogP contribution in [0.25, 0.3) is 0 Å². The minimum absolute atomic E-state index is 0.159. The van der Waals surface area contributed by atoms with Crippen LogP contribution in [0.4, 0.5) is 0 Å². The lowest BCUT2D eigenvalue weighted by atomic mass is 10.1. The van der Waals surface area contributed by atoms with Gasteiger partial charge in [-0.05, 0) is 18.9 Å². The first-order valence-corrected chi connectivity index (χ1v) is 8.95. The molecule has 0 aliphatic carbocycles. The summed E-state index contributed by atoms with van der Waals surface area (Å²) < 4.78 is 29.8. The van der Waals surface area contributed by atoms with E-state index in [0.29, 0.717) is 13.0 Å². The fraction of sp³-hybridized carbons (Fsp3) is 0.533. The van der Waals surface area contributed by atoms with Gasteiger partial charge in [0.1, 0.15) is 0 Å². The fourth-order valence-electron chi connectivity index (χ4n) is 2.03. The molecule has 1 aromatic rings. The summed E-state index contributed by atoms with van der Waals surface area (Å²) >= 11 is 0. The number of nitrogens with one attached hydrogen (secondary N) is 1. The number of hydrogen-bond acceptors (Lipinski definition) is 4. The van der Waals surface area contributed by atoms with Gasteiger partial charge in [-0.2, -0.15) is 4.31 Å². The highest BCUT2D eigenvalue weighted by Gasteiger charge is 2.20. The van der Waals surface area contributed by atoms with Crippen molar-refractivity contribution in [1.82, 2.24) is 9.62 Å². The molecule has 0 fully saturated rings. The summed E-state index contributed by atoms with van der Waals surface area (Å²) in [5, 5.41) is 2.71. The van der Waals surface area contributed by atoms with E-state index in [1.807, 2.05) is 30.3 Å².